The second-order valence-electron chi connectivity index (χ2n) is 21.4. The van der Waals surface area contributed by atoms with Gasteiger partial charge in [0.05, 0.1) is 0 Å². The number of fused-ring (bicyclic) bond motifs is 13. The van der Waals surface area contributed by atoms with Gasteiger partial charge in [0.2, 0.25) is 0 Å². The van der Waals surface area contributed by atoms with Gasteiger partial charge in [0, 0.05) is 40.3 Å². The molecule has 15 aromatic carbocycles. The lowest BCUT2D eigenvalue weighted by atomic mass is 9.83. The normalized spacial score (nSPS) is 12.0. The van der Waals surface area contributed by atoms with Crippen LogP contribution in [-0.4, -0.2) is 0 Å². The van der Waals surface area contributed by atoms with Gasteiger partial charge in [-0.05, 0) is 180 Å². The maximum absolute atomic E-state index is 2.47. The maximum atomic E-state index is 2.47. The van der Waals surface area contributed by atoms with Crippen LogP contribution in [0.15, 0.2) is 279 Å². The standard InChI is InChI=1S/C78H46S2/c1-3-17-48(18-4-1)74-60-26-11-13-28-62(60)76(56-24-15-23-50(40-56)55-34-39-71-68(42-55)66-38-30-47-16-9-10-25-58(47)78(66)80-71)64-36-31-53(43-69(64)74)54-32-37-65-70(44-54)75(49-19-5-2-6-20-49)61-27-12-14-29-63(61)77(65)57-33-35-59-67-41-51-21-7-8-22-52(51)45-73(67)79-72(59)46-57/h1-46H. The predicted molar refractivity (Wildman–Crippen MR) is 350 cm³/mol. The highest BCUT2D eigenvalue weighted by Crippen LogP contribution is 2.50. The summed E-state index contributed by atoms with van der Waals surface area (Å²) in [6.07, 6.45) is 0. The van der Waals surface area contributed by atoms with Crippen LogP contribution >= 0.6 is 22.7 Å². The first-order valence-electron chi connectivity index (χ1n) is 27.5. The maximum Gasteiger partial charge on any atom is 0.0433 e. The average Bonchev–Trinajstić information content (AvgIpc) is 4.10. The van der Waals surface area contributed by atoms with Crippen molar-refractivity contribution in [2.75, 3.05) is 0 Å². The Morgan fingerprint density at radius 2 is 0.562 bits per heavy atom. The molecule has 0 saturated carbocycles. The zero-order valence-corrected chi connectivity index (χ0v) is 45.0. The second-order valence-corrected chi connectivity index (χ2v) is 23.5. The Hall–Kier alpha value is -9.70. The van der Waals surface area contributed by atoms with Crippen molar-refractivity contribution in [2.45, 2.75) is 0 Å². The highest BCUT2D eigenvalue weighted by molar-refractivity contribution is 7.27. The monoisotopic (exact) mass is 1050 g/mol. The molecule has 0 nitrogen and oxygen atoms in total. The van der Waals surface area contributed by atoms with E-state index < -0.39 is 0 Å². The van der Waals surface area contributed by atoms with E-state index in [0.29, 0.717) is 0 Å². The fourth-order valence-corrected chi connectivity index (χ4v) is 15.7. The van der Waals surface area contributed by atoms with Crippen LogP contribution in [0.2, 0.25) is 0 Å². The van der Waals surface area contributed by atoms with Crippen LogP contribution < -0.4 is 0 Å². The molecule has 0 amide bonds. The van der Waals surface area contributed by atoms with Gasteiger partial charge in [0.15, 0.2) is 0 Å². The molecule has 0 aliphatic heterocycles. The summed E-state index contributed by atoms with van der Waals surface area (Å²) in [5, 5.41) is 20.4. The molecule has 2 heteroatoms. The molecule has 0 fully saturated rings. The zero-order chi connectivity index (χ0) is 52.4. The fraction of sp³-hybridized carbons (Fsp3) is 0. The molecule has 80 heavy (non-hydrogen) atoms. The van der Waals surface area contributed by atoms with Crippen molar-refractivity contribution >= 4 is 128 Å². The molecule has 0 radical (unpaired) electrons. The van der Waals surface area contributed by atoms with Gasteiger partial charge in [0.25, 0.3) is 0 Å². The third-order valence-corrected chi connectivity index (χ3v) is 19.3. The molecule has 0 saturated heterocycles. The molecule has 0 aliphatic rings. The summed E-state index contributed by atoms with van der Waals surface area (Å²) in [7, 11) is 0. The third kappa shape index (κ3) is 7.06. The van der Waals surface area contributed by atoms with Crippen molar-refractivity contribution < 1.29 is 0 Å². The van der Waals surface area contributed by atoms with Gasteiger partial charge in [-0.3, -0.25) is 0 Å². The molecule has 2 heterocycles. The summed E-state index contributed by atoms with van der Waals surface area (Å²) >= 11 is 3.79. The van der Waals surface area contributed by atoms with E-state index in [0.717, 1.165) is 0 Å². The first-order chi connectivity index (χ1) is 39.6. The highest BCUT2D eigenvalue weighted by Gasteiger charge is 2.22. The van der Waals surface area contributed by atoms with Crippen LogP contribution in [0.25, 0.3) is 172 Å². The highest BCUT2D eigenvalue weighted by atomic mass is 32.1. The van der Waals surface area contributed by atoms with Crippen LogP contribution in [0.5, 0.6) is 0 Å². The lowest BCUT2D eigenvalue weighted by molar-refractivity contribution is 1.62. The van der Waals surface area contributed by atoms with Crippen LogP contribution in [0, 0.1) is 0 Å². The Kier molecular flexibility index (Phi) is 10.2. The van der Waals surface area contributed by atoms with E-state index in [1.54, 1.807) is 0 Å². The number of hydrogen-bond donors (Lipinski definition) is 0. The fourth-order valence-electron chi connectivity index (χ4n) is 13.3. The Balaban J connectivity index is 0.867. The molecule has 17 rings (SSSR count). The minimum atomic E-state index is 1.18. The first kappa shape index (κ1) is 45.3. The molecule has 2 aromatic heterocycles. The first-order valence-corrected chi connectivity index (χ1v) is 29.2. The number of benzene rings is 15. The van der Waals surface area contributed by atoms with Crippen molar-refractivity contribution in [1.82, 2.24) is 0 Å². The van der Waals surface area contributed by atoms with E-state index in [4.69, 9.17) is 0 Å². The van der Waals surface area contributed by atoms with Crippen molar-refractivity contribution in [3.8, 4) is 66.8 Å². The van der Waals surface area contributed by atoms with Crippen molar-refractivity contribution in [3.63, 3.8) is 0 Å². The second kappa shape index (κ2) is 17.9. The van der Waals surface area contributed by atoms with Crippen LogP contribution in [-0.2, 0) is 0 Å². The molecule has 17 aromatic rings. The molecule has 0 aliphatic carbocycles. The van der Waals surface area contributed by atoms with Gasteiger partial charge in [-0.2, -0.15) is 0 Å². The molecular weight excluding hydrogens is 1000 g/mol. The molecule has 0 atom stereocenters. The van der Waals surface area contributed by atoms with Gasteiger partial charge in [-0.25, -0.2) is 0 Å². The molecule has 0 spiro atoms. The summed E-state index contributed by atoms with van der Waals surface area (Å²) in [6.45, 7) is 0. The Bertz CT molecular complexity index is 5410. The summed E-state index contributed by atoms with van der Waals surface area (Å²) in [5.74, 6) is 0. The van der Waals surface area contributed by atoms with Crippen LogP contribution in [0.4, 0.5) is 0 Å². The van der Waals surface area contributed by atoms with E-state index in [1.807, 2.05) is 22.7 Å². The zero-order valence-electron chi connectivity index (χ0n) is 43.4. The van der Waals surface area contributed by atoms with Gasteiger partial charge in [-0.1, -0.05) is 231 Å². The lowest BCUT2D eigenvalue weighted by Crippen LogP contribution is -1.93. The van der Waals surface area contributed by atoms with E-state index in [-0.39, 0.29) is 0 Å². The minimum absolute atomic E-state index is 1.18. The lowest BCUT2D eigenvalue weighted by Gasteiger charge is -2.20. The van der Waals surface area contributed by atoms with E-state index in [2.05, 4.69) is 279 Å². The molecular formula is C78H46S2. The topological polar surface area (TPSA) is 0 Å². The Labute approximate surface area is 470 Å². The number of hydrogen-bond acceptors (Lipinski definition) is 2. The van der Waals surface area contributed by atoms with Gasteiger partial charge in [-0.15, -0.1) is 22.7 Å². The summed E-state index contributed by atoms with van der Waals surface area (Å²) in [6, 6.07) is 105. The molecule has 0 bridgehead atoms. The van der Waals surface area contributed by atoms with Crippen LogP contribution in [0.1, 0.15) is 0 Å². The Morgan fingerprint density at radius 3 is 1.19 bits per heavy atom. The predicted octanol–water partition coefficient (Wildman–Crippen LogP) is 23.3. The van der Waals surface area contributed by atoms with Gasteiger partial charge < -0.3 is 0 Å². The molecule has 0 N–H and O–H groups in total. The number of rotatable bonds is 6. The summed E-state index contributed by atoms with van der Waals surface area (Å²) in [4.78, 5) is 0. The van der Waals surface area contributed by atoms with E-state index in [1.165, 1.54) is 172 Å². The third-order valence-electron chi connectivity index (χ3n) is 17.0. The summed E-state index contributed by atoms with van der Waals surface area (Å²) < 4.78 is 5.30. The van der Waals surface area contributed by atoms with E-state index >= 15 is 0 Å². The van der Waals surface area contributed by atoms with Crippen molar-refractivity contribution in [3.05, 3.63) is 279 Å². The van der Waals surface area contributed by atoms with Crippen molar-refractivity contribution in [2.24, 2.45) is 0 Å². The largest absolute Gasteiger partial charge is 0.135 e. The van der Waals surface area contributed by atoms with Crippen LogP contribution in [0.3, 0.4) is 0 Å². The SMILES string of the molecule is c1ccc(-c2c3ccccc3c(-c3cccc(-c4ccc5sc6c7ccccc7ccc6c5c4)c3)c3ccc(-c4ccc5c(-c6ccc7c(c6)sc6cc8ccccc8cc67)c6ccccc6c(-c6ccccc6)c5c4)cc23)cc1. The molecule has 370 valence electrons. The van der Waals surface area contributed by atoms with Crippen molar-refractivity contribution in [1.29, 1.82) is 0 Å². The molecule has 0 unspecified atom stereocenters. The smallest absolute Gasteiger partial charge is 0.0433 e. The average molecular weight is 1050 g/mol. The Morgan fingerprint density at radius 1 is 0.163 bits per heavy atom. The quantitative estimate of drug-likeness (QED) is 0.146. The summed E-state index contributed by atoms with van der Waals surface area (Å²) in [5.41, 5.74) is 14.7. The van der Waals surface area contributed by atoms with E-state index in [9.17, 15) is 0 Å². The minimum Gasteiger partial charge on any atom is -0.135 e. The number of thiophene rings is 2. The van der Waals surface area contributed by atoms with Gasteiger partial charge in [0.1, 0.15) is 0 Å². The van der Waals surface area contributed by atoms with Gasteiger partial charge >= 0.3 is 0 Å².